The number of carbonyl (C=O) groups is 1. The highest BCUT2D eigenvalue weighted by Crippen LogP contribution is 2.30. The third-order valence-corrected chi connectivity index (χ3v) is 3.63. The van der Waals surface area contributed by atoms with Crippen molar-refractivity contribution >= 4 is 22.5 Å². The zero-order chi connectivity index (χ0) is 16.9. The Morgan fingerprint density at radius 3 is 2.71 bits per heavy atom. The highest BCUT2D eigenvalue weighted by molar-refractivity contribution is 6.10. The molecule has 0 fully saturated rings. The number of hydrogen-bond donors (Lipinski definition) is 1. The minimum absolute atomic E-state index is 0.227. The van der Waals surface area contributed by atoms with Crippen LogP contribution in [0.5, 0.6) is 11.5 Å². The monoisotopic (exact) mass is 322 g/mol. The predicted molar refractivity (Wildman–Crippen MR) is 93.9 cm³/mol. The Kier molecular flexibility index (Phi) is 4.61. The van der Waals surface area contributed by atoms with E-state index in [0.717, 1.165) is 5.39 Å². The fraction of sp³-hybridized carbons (Fsp3) is 0.158. The molecule has 1 aromatic heterocycles. The van der Waals surface area contributed by atoms with E-state index in [4.69, 9.17) is 9.47 Å². The molecule has 0 atom stereocenters. The van der Waals surface area contributed by atoms with E-state index in [9.17, 15) is 4.79 Å². The zero-order valence-electron chi connectivity index (χ0n) is 13.6. The van der Waals surface area contributed by atoms with Crippen LogP contribution in [0.3, 0.4) is 0 Å². The summed E-state index contributed by atoms with van der Waals surface area (Å²) in [6.45, 7) is 2.39. The molecule has 1 N–H and O–H groups in total. The van der Waals surface area contributed by atoms with Crippen molar-refractivity contribution in [2.24, 2.45) is 0 Å². The molecule has 122 valence electrons. The van der Waals surface area contributed by atoms with Crippen LogP contribution in [0.25, 0.3) is 10.9 Å². The van der Waals surface area contributed by atoms with Crippen LogP contribution in [-0.2, 0) is 0 Å². The fourth-order valence-electron chi connectivity index (χ4n) is 2.55. The second-order valence-electron chi connectivity index (χ2n) is 5.10. The zero-order valence-corrected chi connectivity index (χ0v) is 13.6. The molecule has 0 bridgehead atoms. The van der Waals surface area contributed by atoms with Gasteiger partial charge in [0.05, 0.1) is 25.0 Å². The molecule has 1 amide bonds. The van der Waals surface area contributed by atoms with E-state index in [0.29, 0.717) is 34.9 Å². The van der Waals surface area contributed by atoms with Crippen molar-refractivity contribution in [1.82, 2.24) is 4.98 Å². The van der Waals surface area contributed by atoms with Gasteiger partial charge in [-0.2, -0.15) is 0 Å². The number of ether oxygens (including phenoxy) is 2. The Labute approximate surface area is 140 Å². The standard InChI is InChI=1S/C19H18N2O3/c1-3-24-16-9-5-4-7-14(16)19(22)21-15-10-11-17(23-2)18-13(15)8-6-12-20-18/h4-12H,3H2,1-2H3,(H,21,22). The average molecular weight is 322 g/mol. The third kappa shape index (κ3) is 3.01. The molecule has 24 heavy (non-hydrogen) atoms. The molecule has 0 radical (unpaired) electrons. The van der Waals surface area contributed by atoms with E-state index in [2.05, 4.69) is 10.3 Å². The molecule has 0 aliphatic heterocycles. The number of para-hydroxylation sites is 1. The highest BCUT2D eigenvalue weighted by Gasteiger charge is 2.14. The normalized spacial score (nSPS) is 10.4. The third-order valence-electron chi connectivity index (χ3n) is 3.63. The Balaban J connectivity index is 1.97. The lowest BCUT2D eigenvalue weighted by atomic mass is 10.1. The quantitative estimate of drug-likeness (QED) is 0.774. The maximum absolute atomic E-state index is 12.7. The number of amides is 1. The predicted octanol–water partition coefficient (Wildman–Crippen LogP) is 3.89. The Morgan fingerprint density at radius 1 is 1.08 bits per heavy atom. The fourth-order valence-corrected chi connectivity index (χ4v) is 2.55. The van der Waals surface area contributed by atoms with Gasteiger partial charge >= 0.3 is 0 Å². The summed E-state index contributed by atoms with van der Waals surface area (Å²) in [5, 5.41) is 3.76. The smallest absolute Gasteiger partial charge is 0.259 e. The first-order valence-corrected chi connectivity index (χ1v) is 7.69. The summed E-state index contributed by atoms with van der Waals surface area (Å²) in [5.74, 6) is 1.00. The van der Waals surface area contributed by atoms with Gasteiger partial charge in [0.25, 0.3) is 5.91 Å². The first-order valence-electron chi connectivity index (χ1n) is 7.69. The van der Waals surface area contributed by atoms with Gasteiger partial charge in [-0.25, -0.2) is 0 Å². The topological polar surface area (TPSA) is 60.5 Å². The van der Waals surface area contributed by atoms with Crippen molar-refractivity contribution < 1.29 is 14.3 Å². The van der Waals surface area contributed by atoms with Crippen LogP contribution in [0.4, 0.5) is 5.69 Å². The van der Waals surface area contributed by atoms with Crippen LogP contribution in [0, 0.1) is 0 Å². The van der Waals surface area contributed by atoms with Crippen LogP contribution in [0.15, 0.2) is 54.7 Å². The van der Waals surface area contributed by atoms with E-state index in [1.54, 1.807) is 31.5 Å². The van der Waals surface area contributed by atoms with Crippen molar-refractivity contribution in [3.05, 3.63) is 60.3 Å². The van der Waals surface area contributed by atoms with Gasteiger partial charge in [-0.15, -0.1) is 0 Å². The van der Waals surface area contributed by atoms with Crippen molar-refractivity contribution in [3.8, 4) is 11.5 Å². The van der Waals surface area contributed by atoms with E-state index in [1.165, 1.54) is 0 Å². The Morgan fingerprint density at radius 2 is 1.92 bits per heavy atom. The maximum Gasteiger partial charge on any atom is 0.259 e. The van der Waals surface area contributed by atoms with E-state index < -0.39 is 0 Å². The molecule has 0 saturated carbocycles. The number of nitrogens with one attached hydrogen (secondary N) is 1. The molecule has 0 unspecified atom stereocenters. The van der Waals surface area contributed by atoms with Crippen molar-refractivity contribution in [3.63, 3.8) is 0 Å². The second-order valence-corrected chi connectivity index (χ2v) is 5.10. The van der Waals surface area contributed by atoms with Crippen LogP contribution in [0.1, 0.15) is 17.3 Å². The van der Waals surface area contributed by atoms with Gasteiger partial charge in [-0.3, -0.25) is 9.78 Å². The van der Waals surface area contributed by atoms with Crippen molar-refractivity contribution in [2.45, 2.75) is 6.92 Å². The molecular formula is C19H18N2O3. The summed E-state index contributed by atoms with van der Waals surface area (Å²) in [7, 11) is 1.60. The van der Waals surface area contributed by atoms with E-state index in [-0.39, 0.29) is 5.91 Å². The van der Waals surface area contributed by atoms with E-state index in [1.807, 2.05) is 37.3 Å². The first-order chi connectivity index (χ1) is 11.7. The Hall–Kier alpha value is -3.08. The van der Waals surface area contributed by atoms with Gasteiger partial charge < -0.3 is 14.8 Å². The molecule has 0 spiro atoms. The minimum Gasteiger partial charge on any atom is -0.494 e. The van der Waals surface area contributed by atoms with Gasteiger partial charge in [0.15, 0.2) is 0 Å². The van der Waals surface area contributed by atoms with Crippen LogP contribution >= 0.6 is 0 Å². The largest absolute Gasteiger partial charge is 0.494 e. The number of nitrogens with zero attached hydrogens (tertiary/aromatic N) is 1. The molecule has 2 aromatic carbocycles. The molecular weight excluding hydrogens is 304 g/mol. The maximum atomic E-state index is 12.7. The van der Waals surface area contributed by atoms with Gasteiger partial charge in [0.2, 0.25) is 0 Å². The Bertz CT molecular complexity index is 877. The SMILES string of the molecule is CCOc1ccccc1C(=O)Nc1ccc(OC)c2ncccc12. The molecule has 5 heteroatoms. The minimum atomic E-state index is -0.227. The summed E-state index contributed by atoms with van der Waals surface area (Å²) in [6, 6.07) is 14.5. The molecule has 5 nitrogen and oxygen atoms in total. The lowest BCUT2D eigenvalue weighted by Crippen LogP contribution is -2.14. The molecule has 3 aromatic rings. The summed E-state index contributed by atoms with van der Waals surface area (Å²) in [5.41, 5.74) is 1.87. The van der Waals surface area contributed by atoms with Gasteiger partial charge in [-0.1, -0.05) is 12.1 Å². The molecule has 1 heterocycles. The number of aromatic nitrogens is 1. The summed E-state index contributed by atoms with van der Waals surface area (Å²) < 4.78 is 10.9. The van der Waals surface area contributed by atoms with Crippen LogP contribution < -0.4 is 14.8 Å². The highest BCUT2D eigenvalue weighted by atomic mass is 16.5. The number of carbonyl (C=O) groups excluding carboxylic acids is 1. The van der Waals surface area contributed by atoms with Crippen LogP contribution in [0.2, 0.25) is 0 Å². The first kappa shape index (κ1) is 15.8. The van der Waals surface area contributed by atoms with Gasteiger partial charge in [0, 0.05) is 11.6 Å². The van der Waals surface area contributed by atoms with Gasteiger partial charge in [0.1, 0.15) is 17.0 Å². The van der Waals surface area contributed by atoms with Gasteiger partial charge in [-0.05, 0) is 43.3 Å². The molecule has 0 aliphatic rings. The number of fused-ring (bicyclic) bond motifs is 1. The number of rotatable bonds is 5. The number of hydrogen-bond acceptors (Lipinski definition) is 4. The lowest BCUT2D eigenvalue weighted by Gasteiger charge is -2.13. The average Bonchev–Trinajstić information content (AvgIpc) is 2.62. The van der Waals surface area contributed by atoms with E-state index >= 15 is 0 Å². The molecule has 0 aliphatic carbocycles. The summed E-state index contributed by atoms with van der Waals surface area (Å²) in [4.78, 5) is 17.0. The number of benzene rings is 2. The van der Waals surface area contributed by atoms with Crippen LogP contribution in [-0.4, -0.2) is 24.6 Å². The van der Waals surface area contributed by atoms with Crippen molar-refractivity contribution in [1.29, 1.82) is 0 Å². The number of pyridine rings is 1. The number of methoxy groups -OCH3 is 1. The molecule has 0 saturated heterocycles. The second kappa shape index (κ2) is 7.00. The molecule has 3 rings (SSSR count). The summed E-state index contributed by atoms with van der Waals surface area (Å²) >= 11 is 0. The van der Waals surface area contributed by atoms with Crippen molar-refractivity contribution in [2.75, 3.05) is 19.0 Å². The lowest BCUT2D eigenvalue weighted by molar-refractivity contribution is 0.102. The summed E-state index contributed by atoms with van der Waals surface area (Å²) in [6.07, 6.45) is 1.70. The number of anilines is 1.